The van der Waals surface area contributed by atoms with Crippen molar-refractivity contribution in [3.05, 3.63) is 60.8 Å². The first-order valence-corrected chi connectivity index (χ1v) is 10.7. The van der Waals surface area contributed by atoms with Crippen molar-refractivity contribution in [3.63, 3.8) is 0 Å². The van der Waals surface area contributed by atoms with Gasteiger partial charge in [0.05, 0.1) is 0 Å². The smallest absolute Gasteiger partial charge is 0.136 e. The second-order valence-electron chi connectivity index (χ2n) is 7.71. The lowest BCUT2D eigenvalue weighted by Crippen LogP contribution is -2.44. The highest BCUT2D eigenvalue weighted by Crippen LogP contribution is 2.28. The van der Waals surface area contributed by atoms with Crippen LogP contribution < -0.4 is 4.72 Å². The van der Waals surface area contributed by atoms with Crippen LogP contribution >= 0.6 is 0 Å². The maximum absolute atomic E-state index is 12.8. The summed E-state index contributed by atoms with van der Waals surface area (Å²) < 4.78 is 15.8. The van der Waals surface area contributed by atoms with Gasteiger partial charge in [0.25, 0.3) is 0 Å². The van der Waals surface area contributed by atoms with E-state index in [0.29, 0.717) is 5.92 Å². The molecule has 0 aliphatic carbocycles. The van der Waals surface area contributed by atoms with E-state index in [1.807, 2.05) is 45.0 Å². The van der Waals surface area contributed by atoms with Crippen molar-refractivity contribution in [1.82, 2.24) is 9.62 Å². The molecule has 3 nitrogen and oxygen atoms in total. The Labute approximate surface area is 163 Å². The largest absolute Gasteiger partial charge is 0.598 e. The first kappa shape index (κ1) is 22.8. The number of nitrogens with one attached hydrogen (secondary N) is 1. The average Bonchev–Trinajstić information content (AvgIpc) is 2.62. The molecule has 0 saturated heterocycles. The summed E-state index contributed by atoms with van der Waals surface area (Å²) in [6, 6.07) is 9.95. The standard InChI is InChI=1S/C22H36N2OS/c1-8-16-24(17-19(9-2)10-3)18(4)21(20-14-12-11-13-15-20)23-26(25)22(5,6)7/h8,11-15,19,21,23H,1,4,9-10,16-17H2,2-3,5-7H3/t21-,26-/m0/s1. The average molecular weight is 377 g/mol. The van der Waals surface area contributed by atoms with Gasteiger partial charge in [-0.15, -0.1) is 11.3 Å². The molecule has 0 unspecified atom stereocenters. The van der Waals surface area contributed by atoms with Gasteiger partial charge in [-0.25, -0.2) is 0 Å². The molecule has 1 aromatic rings. The molecule has 0 aliphatic rings. The highest BCUT2D eigenvalue weighted by atomic mass is 32.2. The lowest BCUT2D eigenvalue weighted by atomic mass is 10.00. The molecule has 0 spiro atoms. The van der Waals surface area contributed by atoms with E-state index in [2.05, 4.69) is 48.8 Å². The third-order valence-corrected chi connectivity index (χ3v) is 6.20. The Morgan fingerprint density at radius 2 is 1.81 bits per heavy atom. The van der Waals surface area contributed by atoms with Gasteiger partial charge in [0, 0.05) is 30.1 Å². The van der Waals surface area contributed by atoms with Gasteiger partial charge in [-0.2, -0.15) is 0 Å². The van der Waals surface area contributed by atoms with Crippen molar-refractivity contribution >= 4 is 11.4 Å². The van der Waals surface area contributed by atoms with E-state index in [1.165, 1.54) is 0 Å². The fraction of sp³-hybridized carbons (Fsp3) is 0.545. The molecule has 0 bridgehead atoms. The van der Waals surface area contributed by atoms with E-state index in [4.69, 9.17) is 0 Å². The first-order valence-electron chi connectivity index (χ1n) is 9.52. The summed E-state index contributed by atoms with van der Waals surface area (Å²) in [6.07, 6.45) is 4.18. The minimum absolute atomic E-state index is 0.189. The predicted molar refractivity (Wildman–Crippen MR) is 115 cm³/mol. The number of benzene rings is 1. The maximum Gasteiger partial charge on any atom is 0.136 e. The van der Waals surface area contributed by atoms with E-state index < -0.39 is 11.4 Å². The summed E-state index contributed by atoms with van der Waals surface area (Å²) >= 11 is -1.19. The van der Waals surface area contributed by atoms with Crippen LogP contribution in [0.5, 0.6) is 0 Å². The van der Waals surface area contributed by atoms with Gasteiger partial charge < -0.3 is 9.45 Å². The van der Waals surface area contributed by atoms with E-state index in [-0.39, 0.29) is 10.8 Å². The van der Waals surface area contributed by atoms with Gasteiger partial charge in [0.1, 0.15) is 10.8 Å². The van der Waals surface area contributed by atoms with Crippen LogP contribution in [0.25, 0.3) is 0 Å². The molecule has 1 aromatic carbocycles. The molecule has 0 fully saturated rings. The quantitative estimate of drug-likeness (QED) is 0.425. The molecule has 0 aliphatic heterocycles. The highest BCUT2D eigenvalue weighted by molar-refractivity contribution is 7.90. The van der Waals surface area contributed by atoms with E-state index >= 15 is 0 Å². The molecular weight excluding hydrogens is 340 g/mol. The molecule has 4 heteroatoms. The van der Waals surface area contributed by atoms with Gasteiger partial charge in [-0.1, -0.05) is 69.7 Å². The van der Waals surface area contributed by atoms with Crippen LogP contribution in [-0.4, -0.2) is 27.3 Å². The Morgan fingerprint density at radius 1 is 1.23 bits per heavy atom. The summed E-state index contributed by atoms with van der Waals surface area (Å²) in [5.41, 5.74) is 2.02. The Balaban J connectivity index is 3.13. The second-order valence-corrected chi connectivity index (χ2v) is 9.71. The van der Waals surface area contributed by atoms with E-state index in [1.54, 1.807) is 0 Å². The molecule has 0 aromatic heterocycles. The van der Waals surface area contributed by atoms with E-state index in [9.17, 15) is 4.55 Å². The Morgan fingerprint density at radius 3 is 2.27 bits per heavy atom. The molecule has 2 atom stereocenters. The second kappa shape index (κ2) is 10.8. The van der Waals surface area contributed by atoms with Crippen molar-refractivity contribution in [3.8, 4) is 0 Å². The lowest BCUT2D eigenvalue weighted by Gasteiger charge is -2.35. The third kappa shape index (κ3) is 6.82. The van der Waals surface area contributed by atoms with Gasteiger partial charge in [0.2, 0.25) is 0 Å². The van der Waals surface area contributed by atoms with Gasteiger partial charge >= 0.3 is 0 Å². The molecule has 0 amide bonds. The number of rotatable bonds is 11. The molecule has 146 valence electrons. The zero-order valence-corrected chi connectivity index (χ0v) is 17.9. The zero-order valence-electron chi connectivity index (χ0n) is 17.1. The number of hydrogen-bond donors (Lipinski definition) is 1. The molecule has 0 heterocycles. The Bertz CT molecular complexity index is 549. The molecule has 1 rings (SSSR count). The van der Waals surface area contributed by atoms with Crippen molar-refractivity contribution < 1.29 is 4.55 Å². The number of hydrogen-bond acceptors (Lipinski definition) is 3. The minimum Gasteiger partial charge on any atom is -0.598 e. The summed E-state index contributed by atoms with van der Waals surface area (Å²) in [7, 11) is 0. The van der Waals surface area contributed by atoms with Gasteiger partial charge in [0.15, 0.2) is 0 Å². The summed E-state index contributed by atoms with van der Waals surface area (Å²) in [5, 5.41) is 0. The Hall–Kier alpha value is -1.23. The van der Waals surface area contributed by atoms with Crippen molar-refractivity contribution in [2.45, 2.75) is 58.2 Å². The summed E-state index contributed by atoms with van der Waals surface area (Å²) in [4.78, 5) is 2.27. The summed E-state index contributed by atoms with van der Waals surface area (Å²) in [6.45, 7) is 20.4. The van der Waals surface area contributed by atoms with Crippen molar-refractivity contribution in [1.29, 1.82) is 0 Å². The SMILES string of the molecule is C=CCN(CC(CC)CC)C(=C)[C@H](N[S@@+]([O-])C(C)(C)C)c1ccccc1. The van der Waals surface area contributed by atoms with Gasteiger partial charge in [-0.05, 0) is 32.3 Å². The van der Waals surface area contributed by atoms with Crippen LogP contribution in [0.2, 0.25) is 0 Å². The van der Waals surface area contributed by atoms with Crippen molar-refractivity contribution in [2.75, 3.05) is 13.1 Å². The highest BCUT2D eigenvalue weighted by Gasteiger charge is 2.32. The maximum atomic E-state index is 12.8. The summed E-state index contributed by atoms with van der Waals surface area (Å²) in [5.74, 6) is 0.608. The topological polar surface area (TPSA) is 38.3 Å². The molecular formula is C22H36N2OS. The van der Waals surface area contributed by atoms with Crippen LogP contribution in [0.15, 0.2) is 55.3 Å². The minimum atomic E-state index is -1.19. The normalized spacial score (nSPS) is 14.1. The van der Waals surface area contributed by atoms with E-state index in [0.717, 1.165) is 37.2 Å². The fourth-order valence-corrected chi connectivity index (χ4v) is 3.60. The molecule has 1 N–H and O–H groups in total. The zero-order chi connectivity index (χ0) is 19.7. The van der Waals surface area contributed by atoms with Crippen LogP contribution in [0, 0.1) is 5.92 Å². The molecule has 0 radical (unpaired) electrons. The van der Waals surface area contributed by atoms with Crippen molar-refractivity contribution in [2.24, 2.45) is 5.92 Å². The first-order chi connectivity index (χ1) is 12.2. The molecule has 0 saturated carbocycles. The third-order valence-electron chi connectivity index (χ3n) is 4.64. The van der Waals surface area contributed by atoms with Crippen LogP contribution in [-0.2, 0) is 11.4 Å². The monoisotopic (exact) mass is 376 g/mol. The molecule has 26 heavy (non-hydrogen) atoms. The lowest BCUT2D eigenvalue weighted by molar-refractivity contribution is 0.280. The fourth-order valence-electron chi connectivity index (χ4n) is 2.76. The van der Waals surface area contributed by atoms with Crippen LogP contribution in [0.3, 0.4) is 0 Å². The van der Waals surface area contributed by atoms with Crippen LogP contribution in [0.4, 0.5) is 0 Å². The van der Waals surface area contributed by atoms with Gasteiger partial charge in [-0.3, -0.25) is 0 Å². The predicted octanol–water partition coefficient (Wildman–Crippen LogP) is 5.22. The Kier molecular flexibility index (Phi) is 9.48. The van der Waals surface area contributed by atoms with Crippen LogP contribution in [0.1, 0.15) is 59.1 Å². The number of nitrogens with zero attached hydrogens (tertiary/aromatic N) is 1.